The fourth-order valence-corrected chi connectivity index (χ4v) is 10.1. The number of para-hydroxylation sites is 2. The van der Waals surface area contributed by atoms with Crippen LogP contribution in [0.5, 0.6) is 0 Å². The molecule has 0 unspecified atom stereocenters. The summed E-state index contributed by atoms with van der Waals surface area (Å²) in [5, 5.41) is 25.6. The Morgan fingerprint density at radius 1 is 0.400 bits per heavy atom. The van der Waals surface area contributed by atoms with Gasteiger partial charge in [-0.05, 0) is 77.4 Å². The fraction of sp³-hybridized carbons (Fsp3) is 0.0164. The van der Waals surface area contributed by atoms with Gasteiger partial charge in [0.1, 0.15) is 11.6 Å². The minimum Gasteiger partial charge on any atom is -0.308 e. The summed E-state index contributed by atoms with van der Waals surface area (Å²) in [6, 6.07) is 67.6. The molecule has 0 radical (unpaired) electrons. The van der Waals surface area contributed by atoms with Gasteiger partial charge in [0.05, 0.1) is 62.0 Å². The van der Waals surface area contributed by atoms with Crippen LogP contribution in [-0.4, -0.2) is 19.1 Å². The molecule has 0 aliphatic heterocycles. The van der Waals surface area contributed by atoms with Gasteiger partial charge in [-0.3, -0.25) is 9.97 Å². The van der Waals surface area contributed by atoms with Crippen molar-refractivity contribution in [2.45, 2.75) is 6.18 Å². The number of rotatable bonds is 7. The Morgan fingerprint density at radius 2 is 0.914 bits per heavy atom. The number of aromatic nitrogens is 4. The maximum atomic E-state index is 14.7. The van der Waals surface area contributed by atoms with Crippen molar-refractivity contribution < 1.29 is 13.2 Å². The fourth-order valence-electron chi connectivity index (χ4n) is 10.1. The van der Waals surface area contributed by atoms with Gasteiger partial charge in [0.15, 0.2) is 0 Å². The summed E-state index contributed by atoms with van der Waals surface area (Å²) < 4.78 is 48.3. The minimum absolute atomic E-state index is 0.139. The van der Waals surface area contributed by atoms with Gasteiger partial charge in [-0.25, -0.2) is 0 Å². The third-order valence-electron chi connectivity index (χ3n) is 13.1. The van der Waals surface area contributed by atoms with E-state index < -0.39 is 11.7 Å². The maximum absolute atomic E-state index is 14.7. The van der Waals surface area contributed by atoms with E-state index in [-0.39, 0.29) is 16.7 Å². The van der Waals surface area contributed by atoms with Crippen molar-refractivity contribution in [2.75, 3.05) is 0 Å². The summed E-state index contributed by atoms with van der Waals surface area (Å²) in [5.41, 5.74) is 10.6. The van der Waals surface area contributed by atoms with Crippen LogP contribution < -0.4 is 0 Å². The monoisotopic (exact) mass is 908 g/mol. The molecule has 0 saturated heterocycles. The minimum atomic E-state index is -4.75. The second kappa shape index (κ2) is 16.6. The van der Waals surface area contributed by atoms with E-state index in [0.717, 1.165) is 101 Å². The van der Waals surface area contributed by atoms with Crippen molar-refractivity contribution in [1.82, 2.24) is 19.1 Å². The first-order valence-corrected chi connectivity index (χ1v) is 22.6. The average molecular weight is 909 g/mol. The molecule has 0 fully saturated rings. The van der Waals surface area contributed by atoms with Gasteiger partial charge in [0, 0.05) is 61.8 Å². The van der Waals surface area contributed by atoms with Crippen molar-refractivity contribution in [3.05, 3.63) is 229 Å². The first kappa shape index (κ1) is 41.8. The van der Waals surface area contributed by atoms with Crippen molar-refractivity contribution in [3.8, 4) is 79.4 Å². The molecule has 0 atom stereocenters. The molecule has 0 amide bonds. The third-order valence-corrected chi connectivity index (χ3v) is 13.1. The number of pyridine rings is 2. The standard InChI is InChI=1S/C61H35F3N6/c62-61(63,64)44-32-38(36-65)31-43(33-44)47-27-28-55(69-53-21-9-7-17-48(53)50-25-23-41(34-56(50)69)45-19-11-29-67-58(45)39-13-3-1-4-14-39)52(37-66)60(47)70-54-22-10-8-18-49(54)51-26-24-42(35-57(51)70)46-20-12-30-68-59(46)40-15-5-2-6-16-40/h1-35H. The Hall–Kier alpha value is -9.57. The smallest absolute Gasteiger partial charge is 0.308 e. The Bertz CT molecular complexity index is 4140. The lowest BCUT2D eigenvalue weighted by atomic mass is 9.94. The molecule has 70 heavy (non-hydrogen) atoms. The Balaban J connectivity index is 1.19. The second-order valence-corrected chi connectivity index (χ2v) is 17.1. The molecule has 330 valence electrons. The zero-order chi connectivity index (χ0) is 47.5. The van der Waals surface area contributed by atoms with E-state index in [4.69, 9.17) is 9.97 Å². The van der Waals surface area contributed by atoms with E-state index >= 15 is 0 Å². The first-order valence-electron chi connectivity index (χ1n) is 22.6. The topological polar surface area (TPSA) is 83.2 Å². The summed E-state index contributed by atoms with van der Waals surface area (Å²) in [5.74, 6) is 0. The van der Waals surface area contributed by atoms with E-state index in [1.165, 1.54) is 6.07 Å². The molecule has 12 aromatic rings. The largest absolute Gasteiger partial charge is 0.416 e. The Labute approximate surface area is 399 Å². The van der Waals surface area contributed by atoms with Crippen molar-refractivity contribution in [3.63, 3.8) is 0 Å². The molecule has 9 heteroatoms. The lowest BCUT2D eigenvalue weighted by Crippen LogP contribution is -2.08. The quantitative estimate of drug-likeness (QED) is 0.159. The van der Waals surface area contributed by atoms with Gasteiger partial charge >= 0.3 is 6.18 Å². The van der Waals surface area contributed by atoms with E-state index in [1.807, 2.05) is 144 Å². The molecule has 0 spiro atoms. The number of benzene rings is 8. The number of fused-ring (bicyclic) bond motifs is 6. The van der Waals surface area contributed by atoms with E-state index in [9.17, 15) is 23.7 Å². The predicted octanol–water partition coefficient (Wildman–Crippen LogP) is 15.8. The van der Waals surface area contributed by atoms with Crippen LogP contribution in [-0.2, 0) is 6.18 Å². The summed E-state index contributed by atoms with van der Waals surface area (Å²) in [6.07, 6.45) is -1.21. The van der Waals surface area contributed by atoms with E-state index in [1.54, 1.807) is 18.5 Å². The average Bonchev–Trinajstić information content (AvgIpc) is 3.92. The van der Waals surface area contributed by atoms with Gasteiger partial charge in [0.25, 0.3) is 0 Å². The highest BCUT2D eigenvalue weighted by Crippen LogP contribution is 2.45. The summed E-state index contributed by atoms with van der Waals surface area (Å²) in [4.78, 5) is 9.63. The molecule has 12 rings (SSSR count). The predicted molar refractivity (Wildman–Crippen MR) is 272 cm³/mol. The molecule has 6 nitrogen and oxygen atoms in total. The first-order chi connectivity index (χ1) is 34.3. The van der Waals surface area contributed by atoms with Crippen LogP contribution in [0.15, 0.2) is 213 Å². The highest BCUT2D eigenvalue weighted by atomic mass is 19.4. The van der Waals surface area contributed by atoms with Crippen molar-refractivity contribution >= 4 is 43.6 Å². The summed E-state index contributed by atoms with van der Waals surface area (Å²) >= 11 is 0. The number of hydrogen-bond acceptors (Lipinski definition) is 4. The molecule has 4 aromatic heterocycles. The highest BCUT2D eigenvalue weighted by molar-refractivity contribution is 6.13. The van der Waals surface area contributed by atoms with Crippen LogP contribution in [0.2, 0.25) is 0 Å². The number of alkyl halides is 3. The molecule has 0 aliphatic carbocycles. The zero-order valence-corrected chi connectivity index (χ0v) is 37.0. The van der Waals surface area contributed by atoms with Gasteiger partial charge in [-0.15, -0.1) is 0 Å². The van der Waals surface area contributed by atoms with Crippen LogP contribution >= 0.6 is 0 Å². The zero-order valence-electron chi connectivity index (χ0n) is 37.0. The van der Waals surface area contributed by atoms with Gasteiger partial charge in [0.2, 0.25) is 0 Å². The summed E-state index contributed by atoms with van der Waals surface area (Å²) in [6.45, 7) is 0. The highest BCUT2D eigenvalue weighted by Gasteiger charge is 2.32. The van der Waals surface area contributed by atoms with E-state index in [0.29, 0.717) is 16.9 Å². The van der Waals surface area contributed by atoms with Gasteiger partial charge < -0.3 is 9.13 Å². The molecule has 0 saturated carbocycles. The molecular weight excluding hydrogens is 874 g/mol. The molecule has 8 aromatic carbocycles. The Kier molecular flexibility index (Phi) is 9.94. The van der Waals surface area contributed by atoms with Crippen LogP contribution in [0.25, 0.3) is 111 Å². The molecule has 0 bridgehead atoms. The normalized spacial score (nSPS) is 11.6. The maximum Gasteiger partial charge on any atom is 0.416 e. The summed E-state index contributed by atoms with van der Waals surface area (Å²) in [7, 11) is 0. The number of nitriles is 2. The van der Waals surface area contributed by atoms with Crippen molar-refractivity contribution in [2.24, 2.45) is 0 Å². The lowest BCUT2D eigenvalue weighted by Gasteiger charge is -2.21. The van der Waals surface area contributed by atoms with Crippen molar-refractivity contribution in [1.29, 1.82) is 10.5 Å². The number of halogens is 3. The molecular formula is C61H35F3N6. The Morgan fingerprint density at radius 3 is 1.46 bits per heavy atom. The third kappa shape index (κ3) is 6.87. The number of hydrogen-bond donors (Lipinski definition) is 0. The van der Waals surface area contributed by atoms with Gasteiger partial charge in [-0.1, -0.05) is 140 Å². The van der Waals surface area contributed by atoms with Crippen LogP contribution in [0, 0.1) is 22.7 Å². The molecule has 0 N–H and O–H groups in total. The SMILES string of the molecule is N#Cc1cc(-c2ccc(-n3c4ccccc4c4ccc(-c5cccnc5-c5ccccc5)cc43)c(C#N)c2-n2c3ccccc3c3ccc(-c4cccnc4-c4ccccc4)cc32)cc(C(F)(F)F)c1. The van der Waals surface area contributed by atoms with E-state index in [2.05, 4.69) is 53.1 Å². The molecule has 4 heterocycles. The van der Waals surface area contributed by atoms with Gasteiger partial charge in [-0.2, -0.15) is 23.7 Å². The van der Waals surface area contributed by atoms with Crippen LogP contribution in [0.3, 0.4) is 0 Å². The lowest BCUT2D eigenvalue weighted by molar-refractivity contribution is -0.137. The van der Waals surface area contributed by atoms with Crippen LogP contribution in [0.4, 0.5) is 13.2 Å². The second-order valence-electron chi connectivity index (χ2n) is 17.1. The number of nitrogens with zero attached hydrogens (tertiary/aromatic N) is 6. The van der Waals surface area contributed by atoms with Crippen LogP contribution in [0.1, 0.15) is 16.7 Å². The molecule has 0 aliphatic rings.